The number of para-hydroxylation sites is 1. The number of aromatic amines is 1. The van der Waals surface area contributed by atoms with E-state index in [0.717, 1.165) is 22.4 Å². The maximum Gasteiger partial charge on any atom is 0.259 e. The summed E-state index contributed by atoms with van der Waals surface area (Å²) < 4.78 is 5.22. The number of hydrogen-bond acceptors (Lipinski definition) is 5. The van der Waals surface area contributed by atoms with Crippen LogP contribution in [-0.4, -0.2) is 41.9 Å². The summed E-state index contributed by atoms with van der Waals surface area (Å²) >= 11 is 0. The van der Waals surface area contributed by atoms with Crippen LogP contribution in [0, 0.1) is 0 Å². The average Bonchev–Trinajstić information content (AvgIpc) is 3.25. The number of nitrogens with zero attached hydrogens (tertiary/aromatic N) is 2. The van der Waals surface area contributed by atoms with Gasteiger partial charge in [-0.1, -0.05) is 48.5 Å². The number of benzene rings is 2. The minimum Gasteiger partial charge on any atom is -0.496 e. The normalized spacial score (nSPS) is 11.0. The van der Waals surface area contributed by atoms with E-state index in [4.69, 9.17) is 4.74 Å². The van der Waals surface area contributed by atoms with E-state index in [1.54, 1.807) is 25.4 Å². The number of hydrogen-bond donors (Lipinski definition) is 3. The summed E-state index contributed by atoms with van der Waals surface area (Å²) in [6.07, 6.45) is 6.07. The molecule has 0 radical (unpaired) electrons. The van der Waals surface area contributed by atoms with Crippen molar-refractivity contribution >= 4 is 24.1 Å². The molecular formula is C22H21N5O3. The zero-order valence-electron chi connectivity index (χ0n) is 16.3. The van der Waals surface area contributed by atoms with Crippen LogP contribution in [0.3, 0.4) is 0 Å². The molecule has 0 saturated heterocycles. The van der Waals surface area contributed by atoms with Crippen molar-refractivity contribution < 1.29 is 14.3 Å². The molecule has 3 rings (SSSR count). The summed E-state index contributed by atoms with van der Waals surface area (Å²) in [5.41, 5.74) is 5.62. The quantitative estimate of drug-likeness (QED) is 0.305. The number of nitrogens with one attached hydrogen (secondary N) is 3. The van der Waals surface area contributed by atoms with E-state index in [1.165, 1.54) is 12.3 Å². The predicted octanol–water partition coefficient (Wildman–Crippen LogP) is 2.36. The van der Waals surface area contributed by atoms with Gasteiger partial charge in [0.15, 0.2) is 0 Å². The smallest absolute Gasteiger partial charge is 0.259 e. The lowest BCUT2D eigenvalue weighted by atomic mass is 10.1. The van der Waals surface area contributed by atoms with Crippen LogP contribution in [0.15, 0.2) is 72.0 Å². The summed E-state index contributed by atoms with van der Waals surface area (Å²) in [5.74, 6) is -0.195. The minimum atomic E-state index is -0.449. The van der Waals surface area contributed by atoms with E-state index in [0.29, 0.717) is 5.75 Å². The Hall–Kier alpha value is -4.20. The molecule has 0 atom stereocenters. The Labute approximate surface area is 173 Å². The number of H-pyrrole nitrogens is 1. The molecule has 8 heteroatoms. The standard InChI is InChI=1S/C22H21N5O3/c1-30-19-10-6-5-7-16(19)11-12-20(28)23-15-21(29)26-24-13-18-14-25-27-22(18)17-8-3-2-4-9-17/h2-14H,15H2,1H3,(H,23,28)(H,25,27)(H,26,29)/b12-11?,24-13+. The molecule has 0 fully saturated rings. The van der Waals surface area contributed by atoms with E-state index >= 15 is 0 Å². The Morgan fingerprint density at radius 3 is 2.67 bits per heavy atom. The third kappa shape index (κ3) is 5.65. The fraction of sp³-hybridized carbons (Fsp3) is 0.0909. The molecule has 0 aliphatic carbocycles. The fourth-order valence-corrected chi connectivity index (χ4v) is 2.64. The minimum absolute atomic E-state index is 0.205. The van der Waals surface area contributed by atoms with Gasteiger partial charge in [-0.05, 0) is 12.1 Å². The maximum atomic E-state index is 11.9. The molecule has 2 aromatic carbocycles. The first kappa shape index (κ1) is 20.5. The second kappa shape index (κ2) is 10.4. The van der Waals surface area contributed by atoms with E-state index in [-0.39, 0.29) is 6.54 Å². The van der Waals surface area contributed by atoms with Crippen molar-refractivity contribution in [3.05, 3.63) is 78.0 Å². The molecule has 0 aliphatic heterocycles. The SMILES string of the molecule is COc1ccccc1C=CC(=O)NCC(=O)N/N=C/c1cn[nH]c1-c1ccccc1. The third-order valence-electron chi connectivity index (χ3n) is 4.10. The predicted molar refractivity (Wildman–Crippen MR) is 115 cm³/mol. The van der Waals surface area contributed by atoms with Gasteiger partial charge in [-0.3, -0.25) is 14.7 Å². The first-order chi connectivity index (χ1) is 14.7. The molecular weight excluding hydrogens is 382 g/mol. The third-order valence-corrected chi connectivity index (χ3v) is 4.10. The number of ether oxygens (including phenoxy) is 1. The van der Waals surface area contributed by atoms with Gasteiger partial charge in [-0.25, -0.2) is 5.43 Å². The number of aromatic nitrogens is 2. The first-order valence-electron chi connectivity index (χ1n) is 9.17. The molecule has 152 valence electrons. The van der Waals surface area contributed by atoms with Crippen molar-refractivity contribution in [3.63, 3.8) is 0 Å². The molecule has 1 aromatic heterocycles. The van der Waals surface area contributed by atoms with Gasteiger partial charge >= 0.3 is 0 Å². The first-order valence-corrected chi connectivity index (χ1v) is 9.17. The van der Waals surface area contributed by atoms with Crippen LogP contribution in [0.25, 0.3) is 17.3 Å². The highest BCUT2D eigenvalue weighted by atomic mass is 16.5. The molecule has 3 aromatic rings. The summed E-state index contributed by atoms with van der Waals surface area (Å²) in [5, 5.41) is 13.3. The summed E-state index contributed by atoms with van der Waals surface area (Å²) in [7, 11) is 1.56. The molecule has 0 bridgehead atoms. The van der Waals surface area contributed by atoms with Crippen molar-refractivity contribution in [1.82, 2.24) is 20.9 Å². The number of hydrazone groups is 1. The Morgan fingerprint density at radius 2 is 1.87 bits per heavy atom. The highest BCUT2D eigenvalue weighted by molar-refractivity contribution is 5.95. The van der Waals surface area contributed by atoms with Crippen molar-refractivity contribution in [3.8, 4) is 17.0 Å². The monoisotopic (exact) mass is 403 g/mol. The zero-order valence-corrected chi connectivity index (χ0v) is 16.3. The zero-order chi connectivity index (χ0) is 21.2. The molecule has 30 heavy (non-hydrogen) atoms. The highest BCUT2D eigenvalue weighted by Gasteiger charge is 2.06. The molecule has 3 N–H and O–H groups in total. The number of rotatable bonds is 8. The highest BCUT2D eigenvalue weighted by Crippen LogP contribution is 2.19. The number of carbonyl (C=O) groups excluding carboxylic acids is 2. The van der Waals surface area contributed by atoms with E-state index in [2.05, 4.69) is 26.0 Å². The Morgan fingerprint density at radius 1 is 1.10 bits per heavy atom. The molecule has 0 unspecified atom stereocenters. The van der Waals surface area contributed by atoms with Gasteiger partial charge in [0.25, 0.3) is 5.91 Å². The van der Waals surface area contributed by atoms with Crippen molar-refractivity contribution in [1.29, 1.82) is 0 Å². The number of methoxy groups -OCH3 is 1. The van der Waals surface area contributed by atoms with Crippen LogP contribution in [0.1, 0.15) is 11.1 Å². The van der Waals surface area contributed by atoms with E-state index < -0.39 is 11.8 Å². The molecule has 8 nitrogen and oxygen atoms in total. The molecule has 0 aliphatic rings. The van der Waals surface area contributed by atoms with Gasteiger partial charge in [0.1, 0.15) is 5.75 Å². The van der Waals surface area contributed by atoms with Gasteiger partial charge in [0, 0.05) is 22.8 Å². The maximum absolute atomic E-state index is 11.9. The largest absolute Gasteiger partial charge is 0.496 e. The van der Waals surface area contributed by atoms with Gasteiger partial charge in [0.05, 0.1) is 31.8 Å². The molecule has 2 amide bonds. The summed E-state index contributed by atoms with van der Waals surface area (Å²) in [6, 6.07) is 17.0. The van der Waals surface area contributed by atoms with Crippen LogP contribution < -0.4 is 15.5 Å². The van der Waals surface area contributed by atoms with Gasteiger partial charge in [-0.15, -0.1) is 0 Å². The number of carbonyl (C=O) groups is 2. The van der Waals surface area contributed by atoms with Gasteiger partial charge in [-0.2, -0.15) is 10.2 Å². The lowest BCUT2D eigenvalue weighted by molar-refractivity contribution is -0.123. The second-order valence-corrected chi connectivity index (χ2v) is 6.15. The van der Waals surface area contributed by atoms with Gasteiger partial charge < -0.3 is 10.1 Å². The Balaban J connectivity index is 1.48. The van der Waals surface area contributed by atoms with Crippen LogP contribution in [0.4, 0.5) is 0 Å². The van der Waals surface area contributed by atoms with Crippen LogP contribution >= 0.6 is 0 Å². The van der Waals surface area contributed by atoms with Crippen LogP contribution in [0.2, 0.25) is 0 Å². The molecule has 0 saturated carbocycles. The van der Waals surface area contributed by atoms with Gasteiger partial charge in [0.2, 0.25) is 5.91 Å². The van der Waals surface area contributed by atoms with Crippen LogP contribution in [-0.2, 0) is 9.59 Å². The summed E-state index contributed by atoms with van der Waals surface area (Å²) in [4.78, 5) is 23.8. The van der Waals surface area contributed by atoms with Crippen molar-refractivity contribution in [2.45, 2.75) is 0 Å². The lowest BCUT2D eigenvalue weighted by Gasteiger charge is -2.04. The van der Waals surface area contributed by atoms with Crippen LogP contribution in [0.5, 0.6) is 5.75 Å². The van der Waals surface area contributed by atoms with Crippen molar-refractivity contribution in [2.24, 2.45) is 5.10 Å². The Kier molecular flexibility index (Phi) is 7.10. The lowest BCUT2D eigenvalue weighted by Crippen LogP contribution is -2.34. The average molecular weight is 403 g/mol. The fourth-order valence-electron chi connectivity index (χ4n) is 2.64. The van der Waals surface area contributed by atoms with E-state index in [1.807, 2.05) is 48.5 Å². The molecule has 0 spiro atoms. The van der Waals surface area contributed by atoms with E-state index in [9.17, 15) is 9.59 Å². The van der Waals surface area contributed by atoms with Crippen molar-refractivity contribution in [2.75, 3.05) is 13.7 Å². The number of amides is 2. The second-order valence-electron chi connectivity index (χ2n) is 6.15. The topological polar surface area (TPSA) is 108 Å². The Bertz CT molecular complexity index is 1060. The molecule has 1 heterocycles. The summed E-state index contributed by atoms with van der Waals surface area (Å²) in [6.45, 7) is -0.205.